The lowest BCUT2D eigenvalue weighted by molar-refractivity contribution is -0.0588. The monoisotopic (exact) mass is 381 g/mol. The number of rotatable bonds is 3. The van der Waals surface area contributed by atoms with Crippen LogP contribution in [0.4, 0.5) is 0 Å². The fraction of sp³-hybridized carbons (Fsp3) is 0.500. The Hall–Kier alpha value is -1.88. The Balaban J connectivity index is 1.39. The van der Waals surface area contributed by atoms with Crippen LogP contribution in [-0.2, 0) is 0 Å². The molecule has 2 heterocycles. The van der Waals surface area contributed by atoms with Gasteiger partial charge >= 0.3 is 0 Å². The first-order valence-corrected chi connectivity index (χ1v) is 10.3. The Morgan fingerprint density at radius 3 is 2.54 bits per heavy atom. The van der Waals surface area contributed by atoms with E-state index in [0.717, 1.165) is 48.4 Å². The fourth-order valence-electron chi connectivity index (χ4n) is 4.53. The maximum absolute atomic E-state index is 10.7. The van der Waals surface area contributed by atoms with Gasteiger partial charge in [0.2, 0.25) is 0 Å². The summed E-state index contributed by atoms with van der Waals surface area (Å²) in [6.07, 6.45) is 1.46. The second-order valence-corrected chi connectivity index (χ2v) is 8.71. The quantitative estimate of drug-likeness (QED) is 0.844. The van der Waals surface area contributed by atoms with Gasteiger partial charge in [0.1, 0.15) is 11.4 Å². The van der Waals surface area contributed by atoms with Gasteiger partial charge in [-0.2, -0.15) is 0 Å². The molecule has 4 nitrogen and oxygen atoms in total. The summed E-state index contributed by atoms with van der Waals surface area (Å²) in [5.41, 5.74) is 5.22. The number of hydrogen-bond acceptors (Lipinski definition) is 4. The molecule has 1 fully saturated rings. The molecule has 28 heavy (non-hydrogen) atoms. The summed E-state index contributed by atoms with van der Waals surface area (Å²) in [7, 11) is 0. The van der Waals surface area contributed by atoms with Crippen molar-refractivity contribution in [3.05, 3.63) is 64.2 Å². The van der Waals surface area contributed by atoms with Gasteiger partial charge in [-0.25, -0.2) is 0 Å². The number of aryl methyl sites for hydroxylation is 3. The molecule has 2 aromatic rings. The summed E-state index contributed by atoms with van der Waals surface area (Å²) in [5, 5.41) is 21.4. The van der Waals surface area contributed by atoms with Crippen molar-refractivity contribution in [3.8, 4) is 5.75 Å². The third-order valence-electron chi connectivity index (χ3n) is 6.53. The number of β-amino-alcohol motifs (C(OH)–C–C–N with tert-alkyl or cyclic N) is 1. The third-order valence-corrected chi connectivity index (χ3v) is 6.53. The van der Waals surface area contributed by atoms with Crippen LogP contribution in [-0.4, -0.2) is 40.3 Å². The summed E-state index contributed by atoms with van der Waals surface area (Å²) in [5.74, 6) is 0.827. The van der Waals surface area contributed by atoms with Crippen molar-refractivity contribution in [2.45, 2.75) is 57.8 Å². The SMILES string of the molecule is Cc1ccc2c(c1)C(O)CC1(CCN(CC(O)c3ccc(C)c(C)c3)CC1)O2. The number of ether oxygens (including phenoxy) is 1. The van der Waals surface area contributed by atoms with E-state index in [-0.39, 0.29) is 5.60 Å². The first kappa shape index (κ1) is 19.4. The van der Waals surface area contributed by atoms with Crippen molar-refractivity contribution in [2.24, 2.45) is 0 Å². The molecule has 2 aliphatic rings. The van der Waals surface area contributed by atoms with Crippen LogP contribution in [0.5, 0.6) is 5.75 Å². The van der Waals surface area contributed by atoms with Crippen molar-refractivity contribution < 1.29 is 14.9 Å². The Kier molecular flexibility index (Phi) is 5.21. The molecule has 1 spiro atoms. The van der Waals surface area contributed by atoms with Crippen LogP contribution in [0.25, 0.3) is 0 Å². The van der Waals surface area contributed by atoms with Gasteiger partial charge in [-0.3, -0.25) is 0 Å². The molecule has 2 unspecified atom stereocenters. The number of likely N-dealkylation sites (tertiary alicyclic amines) is 1. The molecule has 0 aromatic heterocycles. The molecule has 0 amide bonds. The molecular weight excluding hydrogens is 350 g/mol. The first-order valence-electron chi connectivity index (χ1n) is 10.3. The van der Waals surface area contributed by atoms with Crippen molar-refractivity contribution in [1.82, 2.24) is 4.90 Å². The minimum atomic E-state index is -0.477. The van der Waals surface area contributed by atoms with E-state index in [2.05, 4.69) is 30.9 Å². The standard InChI is InChI=1S/C24H31NO3/c1-16-4-7-23-20(12-16)21(26)14-24(28-23)8-10-25(11-9-24)15-22(27)19-6-5-17(2)18(3)13-19/h4-7,12-13,21-22,26-27H,8-11,14-15H2,1-3H3. The fourth-order valence-corrected chi connectivity index (χ4v) is 4.53. The highest BCUT2D eigenvalue weighted by Crippen LogP contribution is 2.44. The minimum Gasteiger partial charge on any atom is -0.487 e. The van der Waals surface area contributed by atoms with Gasteiger partial charge in [0.05, 0.1) is 12.2 Å². The maximum atomic E-state index is 10.7. The molecule has 2 N–H and O–H groups in total. The van der Waals surface area contributed by atoms with E-state index in [1.807, 2.05) is 31.2 Å². The highest BCUT2D eigenvalue weighted by Gasteiger charge is 2.43. The Morgan fingerprint density at radius 1 is 1.07 bits per heavy atom. The molecule has 2 aliphatic heterocycles. The number of piperidine rings is 1. The van der Waals surface area contributed by atoms with Crippen molar-refractivity contribution in [1.29, 1.82) is 0 Å². The molecule has 4 rings (SSSR count). The number of fused-ring (bicyclic) bond motifs is 1. The predicted molar refractivity (Wildman–Crippen MR) is 111 cm³/mol. The second kappa shape index (κ2) is 7.51. The molecule has 150 valence electrons. The van der Waals surface area contributed by atoms with Gasteiger partial charge in [-0.1, -0.05) is 29.8 Å². The van der Waals surface area contributed by atoms with E-state index in [4.69, 9.17) is 4.74 Å². The van der Waals surface area contributed by atoms with E-state index in [9.17, 15) is 10.2 Å². The highest BCUT2D eigenvalue weighted by atomic mass is 16.5. The van der Waals surface area contributed by atoms with Crippen molar-refractivity contribution in [3.63, 3.8) is 0 Å². The van der Waals surface area contributed by atoms with Crippen LogP contribution in [0.1, 0.15) is 59.3 Å². The number of aliphatic hydroxyl groups is 2. The molecule has 0 saturated carbocycles. The lowest BCUT2D eigenvalue weighted by Gasteiger charge is -2.46. The molecule has 1 saturated heterocycles. The van der Waals surface area contributed by atoms with Crippen molar-refractivity contribution >= 4 is 0 Å². The van der Waals surface area contributed by atoms with E-state index < -0.39 is 12.2 Å². The van der Waals surface area contributed by atoms with Gasteiger partial charge in [0.25, 0.3) is 0 Å². The lowest BCUT2D eigenvalue weighted by atomic mass is 9.81. The number of nitrogens with zero attached hydrogens (tertiary/aromatic N) is 1. The average molecular weight is 382 g/mol. The largest absolute Gasteiger partial charge is 0.487 e. The molecular formula is C24H31NO3. The van der Waals surface area contributed by atoms with E-state index in [1.165, 1.54) is 11.1 Å². The van der Waals surface area contributed by atoms with Gasteiger partial charge in [-0.05, 0) is 62.4 Å². The number of aliphatic hydroxyl groups excluding tert-OH is 2. The van der Waals surface area contributed by atoms with Gasteiger partial charge < -0.3 is 19.8 Å². The summed E-state index contributed by atoms with van der Waals surface area (Å²) < 4.78 is 6.40. The second-order valence-electron chi connectivity index (χ2n) is 8.71. The molecule has 2 aromatic carbocycles. The molecule has 0 aliphatic carbocycles. The Morgan fingerprint density at radius 2 is 1.82 bits per heavy atom. The highest BCUT2D eigenvalue weighted by molar-refractivity contribution is 5.41. The summed E-state index contributed by atoms with van der Waals surface area (Å²) in [6, 6.07) is 12.3. The zero-order valence-electron chi connectivity index (χ0n) is 17.1. The van der Waals surface area contributed by atoms with Crippen LogP contribution in [0.2, 0.25) is 0 Å². The lowest BCUT2D eigenvalue weighted by Crippen LogP contribution is -2.51. The normalized spacial score (nSPS) is 22.5. The molecule has 0 radical (unpaired) electrons. The van der Waals surface area contributed by atoms with Crippen LogP contribution >= 0.6 is 0 Å². The van der Waals surface area contributed by atoms with Crippen molar-refractivity contribution in [2.75, 3.05) is 19.6 Å². The zero-order valence-corrected chi connectivity index (χ0v) is 17.1. The van der Waals surface area contributed by atoms with E-state index >= 15 is 0 Å². The van der Waals surface area contributed by atoms with E-state index in [1.54, 1.807) is 0 Å². The Bertz CT molecular complexity index is 855. The van der Waals surface area contributed by atoms with Crippen LogP contribution in [0.3, 0.4) is 0 Å². The smallest absolute Gasteiger partial charge is 0.125 e. The zero-order chi connectivity index (χ0) is 19.9. The number of benzene rings is 2. The molecule has 0 bridgehead atoms. The topological polar surface area (TPSA) is 52.9 Å². The number of hydrogen-bond donors (Lipinski definition) is 2. The van der Waals surface area contributed by atoms with Gasteiger partial charge in [-0.15, -0.1) is 0 Å². The van der Waals surface area contributed by atoms with E-state index in [0.29, 0.717) is 13.0 Å². The van der Waals surface area contributed by atoms with Gasteiger partial charge in [0.15, 0.2) is 0 Å². The molecule has 4 heteroatoms. The summed E-state index contributed by atoms with van der Waals surface area (Å²) in [4.78, 5) is 2.31. The first-order chi connectivity index (χ1) is 13.3. The van der Waals surface area contributed by atoms with Gasteiger partial charge in [0, 0.05) is 31.6 Å². The Labute approximate surface area is 167 Å². The van der Waals surface area contributed by atoms with Crippen LogP contribution in [0, 0.1) is 20.8 Å². The molecule has 2 atom stereocenters. The minimum absolute atomic E-state index is 0.288. The third kappa shape index (κ3) is 3.82. The van der Waals surface area contributed by atoms with Crippen LogP contribution in [0.15, 0.2) is 36.4 Å². The summed E-state index contributed by atoms with van der Waals surface area (Å²) >= 11 is 0. The van der Waals surface area contributed by atoms with Crippen LogP contribution < -0.4 is 4.74 Å². The average Bonchev–Trinajstić information content (AvgIpc) is 2.67. The maximum Gasteiger partial charge on any atom is 0.125 e. The predicted octanol–water partition coefficient (Wildman–Crippen LogP) is 4.00. The summed E-state index contributed by atoms with van der Waals surface area (Å²) in [6.45, 7) is 8.59.